The Kier molecular flexibility index (Phi) is 3.70. The van der Waals surface area contributed by atoms with Crippen LogP contribution in [0.3, 0.4) is 0 Å². The van der Waals surface area contributed by atoms with Crippen LogP contribution in [-0.2, 0) is 4.74 Å². The standard InChI is InChI=1S/C15H10N2O3S/c18-13(14-2-1-7-21-14)9-20-15(19)10-3-4-11-12(8-10)17-6-5-16-11/h1-8H,9H2. The van der Waals surface area contributed by atoms with Crippen LogP contribution in [0.25, 0.3) is 11.0 Å². The molecule has 6 heteroatoms. The highest BCUT2D eigenvalue weighted by Gasteiger charge is 2.13. The maximum Gasteiger partial charge on any atom is 0.338 e. The molecule has 3 rings (SSSR count). The molecule has 0 spiro atoms. The van der Waals surface area contributed by atoms with Gasteiger partial charge < -0.3 is 4.74 Å². The first-order valence-corrected chi connectivity index (χ1v) is 7.06. The Bertz CT molecular complexity index is 800. The summed E-state index contributed by atoms with van der Waals surface area (Å²) in [5, 5.41) is 1.80. The maximum absolute atomic E-state index is 11.9. The summed E-state index contributed by atoms with van der Waals surface area (Å²) in [6.07, 6.45) is 3.14. The van der Waals surface area contributed by atoms with Gasteiger partial charge in [-0.05, 0) is 29.6 Å². The van der Waals surface area contributed by atoms with Gasteiger partial charge in [-0.25, -0.2) is 4.79 Å². The van der Waals surface area contributed by atoms with Crippen LogP contribution >= 0.6 is 11.3 Å². The molecule has 0 aliphatic heterocycles. The fourth-order valence-corrected chi connectivity index (χ4v) is 2.46. The van der Waals surface area contributed by atoms with Gasteiger partial charge >= 0.3 is 5.97 Å². The summed E-state index contributed by atoms with van der Waals surface area (Å²) in [5.41, 5.74) is 1.65. The Balaban J connectivity index is 1.70. The number of carbonyl (C=O) groups excluding carboxylic acids is 2. The number of rotatable bonds is 4. The minimum Gasteiger partial charge on any atom is -0.454 e. The molecular weight excluding hydrogens is 288 g/mol. The number of ether oxygens (including phenoxy) is 1. The van der Waals surface area contributed by atoms with Crippen molar-refractivity contribution in [1.82, 2.24) is 9.97 Å². The van der Waals surface area contributed by atoms with Crippen LogP contribution in [0, 0.1) is 0 Å². The van der Waals surface area contributed by atoms with E-state index in [4.69, 9.17) is 4.74 Å². The third-order valence-electron chi connectivity index (χ3n) is 2.84. The van der Waals surface area contributed by atoms with E-state index in [9.17, 15) is 9.59 Å². The molecule has 2 aromatic heterocycles. The van der Waals surface area contributed by atoms with E-state index in [-0.39, 0.29) is 12.4 Å². The number of Topliss-reactive ketones (excluding diaryl/α,β-unsaturated/α-hetero) is 1. The summed E-state index contributed by atoms with van der Waals surface area (Å²) in [4.78, 5) is 32.5. The van der Waals surface area contributed by atoms with Crippen molar-refractivity contribution in [3.63, 3.8) is 0 Å². The number of carbonyl (C=O) groups is 2. The zero-order chi connectivity index (χ0) is 14.7. The van der Waals surface area contributed by atoms with E-state index in [1.54, 1.807) is 48.1 Å². The minimum atomic E-state index is -0.549. The summed E-state index contributed by atoms with van der Waals surface area (Å²) < 4.78 is 5.03. The lowest BCUT2D eigenvalue weighted by molar-refractivity contribution is 0.0476. The quantitative estimate of drug-likeness (QED) is 0.547. The Morgan fingerprint density at radius 1 is 1.10 bits per heavy atom. The Morgan fingerprint density at radius 2 is 1.90 bits per heavy atom. The van der Waals surface area contributed by atoms with Gasteiger partial charge in [0.1, 0.15) is 0 Å². The lowest BCUT2D eigenvalue weighted by Crippen LogP contribution is -2.13. The van der Waals surface area contributed by atoms with Gasteiger partial charge in [0.2, 0.25) is 5.78 Å². The van der Waals surface area contributed by atoms with Crippen LogP contribution in [0.5, 0.6) is 0 Å². The average Bonchev–Trinajstić information content (AvgIpc) is 3.06. The van der Waals surface area contributed by atoms with E-state index in [2.05, 4.69) is 9.97 Å². The zero-order valence-electron chi connectivity index (χ0n) is 10.9. The Hall–Kier alpha value is -2.60. The molecule has 0 aliphatic carbocycles. The highest BCUT2D eigenvalue weighted by molar-refractivity contribution is 7.12. The van der Waals surface area contributed by atoms with Gasteiger partial charge in [-0.15, -0.1) is 11.3 Å². The van der Waals surface area contributed by atoms with Crippen molar-refractivity contribution in [2.24, 2.45) is 0 Å². The van der Waals surface area contributed by atoms with Crippen molar-refractivity contribution in [2.75, 3.05) is 6.61 Å². The first-order chi connectivity index (χ1) is 10.2. The van der Waals surface area contributed by atoms with Gasteiger partial charge in [0.15, 0.2) is 6.61 Å². The monoisotopic (exact) mass is 298 g/mol. The largest absolute Gasteiger partial charge is 0.454 e. The number of fused-ring (bicyclic) bond motifs is 1. The van der Waals surface area contributed by atoms with Gasteiger partial charge in [0, 0.05) is 12.4 Å². The number of benzene rings is 1. The molecule has 0 saturated heterocycles. The predicted molar refractivity (Wildman–Crippen MR) is 78.5 cm³/mol. The van der Waals surface area contributed by atoms with Crippen LogP contribution in [0.1, 0.15) is 20.0 Å². The van der Waals surface area contributed by atoms with Crippen LogP contribution in [-0.4, -0.2) is 28.3 Å². The molecule has 0 bridgehead atoms. The molecule has 0 N–H and O–H groups in total. The number of nitrogens with zero attached hydrogens (tertiary/aromatic N) is 2. The first kappa shape index (κ1) is 13.4. The number of ketones is 1. The molecule has 1 aromatic carbocycles. The lowest BCUT2D eigenvalue weighted by Gasteiger charge is -2.04. The van der Waals surface area contributed by atoms with Gasteiger partial charge in [-0.1, -0.05) is 6.07 Å². The third-order valence-corrected chi connectivity index (χ3v) is 3.75. The number of hydrogen-bond donors (Lipinski definition) is 0. The number of thiophene rings is 1. The highest BCUT2D eigenvalue weighted by Crippen LogP contribution is 2.13. The number of aromatic nitrogens is 2. The van der Waals surface area contributed by atoms with E-state index in [0.717, 1.165) is 0 Å². The maximum atomic E-state index is 11.9. The number of hydrogen-bond acceptors (Lipinski definition) is 6. The summed E-state index contributed by atoms with van der Waals surface area (Å²) >= 11 is 1.32. The molecule has 0 unspecified atom stereocenters. The second kappa shape index (κ2) is 5.80. The molecule has 2 heterocycles. The fourth-order valence-electron chi connectivity index (χ4n) is 1.81. The van der Waals surface area contributed by atoms with Crippen molar-refractivity contribution in [1.29, 1.82) is 0 Å². The molecule has 104 valence electrons. The molecule has 3 aromatic rings. The van der Waals surface area contributed by atoms with E-state index in [1.165, 1.54) is 11.3 Å². The van der Waals surface area contributed by atoms with Gasteiger partial charge in [0.25, 0.3) is 0 Å². The van der Waals surface area contributed by atoms with Crippen LogP contribution in [0.2, 0.25) is 0 Å². The Labute approximate surface area is 124 Å². The van der Waals surface area contributed by atoms with Crippen molar-refractivity contribution in [3.05, 3.63) is 58.5 Å². The topological polar surface area (TPSA) is 69.2 Å². The summed E-state index contributed by atoms with van der Waals surface area (Å²) in [6, 6.07) is 8.38. The summed E-state index contributed by atoms with van der Waals surface area (Å²) in [6.45, 7) is -0.266. The van der Waals surface area contributed by atoms with Crippen molar-refractivity contribution in [2.45, 2.75) is 0 Å². The summed E-state index contributed by atoms with van der Waals surface area (Å²) in [5.74, 6) is -0.758. The highest BCUT2D eigenvalue weighted by atomic mass is 32.1. The fraction of sp³-hybridized carbons (Fsp3) is 0.0667. The van der Waals surface area contributed by atoms with E-state index >= 15 is 0 Å². The molecular formula is C15H10N2O3S. The number of esters is 1. The normalized spacial score (nSPS) is 10.5. The second-order valence-corrected chi connectivity index (χ2v) is 5.18. The lowest BCUT2D eigenvalue weighted by atomic mass is 10.2. The molecule has 5 nitrogen and oxygen atoms in total. The molecule has 0 saturated carbocycles. The van der Waals surface area contributed by atoms with E-state index in [0.29, 0.717) is 21.5 Å². The average molecular weight is 298 g/mol. The first-order valence-electron chi connectivity index (χ1n) is 6.18. The van der Waals surface area contributed by atoms with Gasteiger partial charge in [-0.3, -0.25) is 14.8 Å². The van der Waals surface area contributed by atoms with Crippen LogP contribution in [0.15, 0.2) is 48.1 Å². The predicted octanol–water partition coefficient (Wildman–Crippen LogP) is 2.73. The molecule has 0 radical (unpaired) electrons. The second-order valence-electron chi connectivity index (χ2n) is 4.24. The molecule has 0 aliphatic rings. The summed E-state index contributed by atoms with van der Waals surface area (Å²) in [7, 11) is 0. The van der Waals surface area contributed by atoms with E-state index in [1.807, 2.05) is 0 Å². The zero-order valence-corrected chi connectivity index (χ0v) is 11.7. The van der Waals surface area contributed by atoms with Crippen LogP contribution < -0.4 is 0 Å². The van der Waals surface area contributed by atoms with Crippen molar-refractivity contribution >= 4 is 34.1 Å². The van der Waals surface area contributed by atoms with Crippen LogP contribution in [0.4, 0.5) is 0 Å². The van der Waals surface area contributed by atoms with E-state index < -0.39 is 5.97 Å². The van der Waals surface area contributed by atoms with Gasteiger partial charge in [0.05, 0.1) is 21.5 Å². The Morgan fingerprint density at radius 3 is 2.67 bits per heavy atom. The smallest absolute Gasteiger partial charge is 0.338 e. The van der Waals surface area contributed by atoms with Crippen molar-refractivity contribution < 1.29 is 14.3 Å². The van der Waals surface area contributed by atoms with Crippen molar-refractivity contribution in [3.8, 4) is 0 Å². The third kappa shape index (κ3) is 2.95. The van der Waals surface area contributed by atoms with Gasteiger partial charge in [-0.2, -0.15) is 0 Å². The SMILES string of the molecule is O=C(OCC(=O)c1cccs1)c1ccc2nccnc2c1. The molecule has 21 heavy (non-hydrogen) atoms. The molecule has 0 amide bonds. The molecule has 0 atom stereocenters. The molecule has 0 fully saturated rings. The minimum absolute atomic E-state index is 0.209.